The first-order valence-electron chi connectivity index (χ1n) is 9.64. The molecule has 0 saturated carbocycles. The van der Waals surface area contributed by atoms with Crippen LogP contribution in [0.4, 0.5) is 5.69 Å². The number of aryl methyl sites for hydroxylation is 1. The van der Waals surface area contributed by atoms with Crippen molar-refractivity contribution in [3.63, 3.8) is 0 Å². The van der Waals surface area contributed by atoms with Crippen LogP contribution in [0.15, 0.2) is 41.5 Å². The normalized spacial score (nSPS) is 20.4. The SMILES string of the molecule is COc1cc(C2NN=C3CCNCC32)cc([N+](=O)[O-])c1OCc1cccc(C)c1. The van der Waals surface area contributed by atoms with Gasteiger partial charge in [0.15, 0.2) is 5.75 Å². The van der Waals surface area contributed by atoms with E-state index in [0.717, 1.165) is 41.9 Å². The van der Waals surface area contributed by atoms with E-state index in [4.69, 9.17) is 9.47 Å². The number of benzene rings is 2. The molecule has 0 bridgehead atoms. The van der Waals surface area contributed by atoms with Crippen molar-refractivity contribution < 1.29 is 14.4 Å². The van der Waals surface area contributed by atoms with E-state index in [2.05, 4.69) is 15.8 Å². The van der Waals surface area contributed by atoms with Crippen molar-refractivity contribution in [2.45, 2.75) is 26.0 Å². The van der Waals surface area contributed by atoms with Crippen molar-refractivity contribution in [1.82, 2.24) is 10.7 Å². The van der Waals surface area contributed by atoms with Gasteiger partial charge in [0.1, 0.15) is 6.61 Å². The quantitative estimate of drug-likeness (QED) is 0.575. The van der Waals surface area contributed by atoms with Crippen molar-refractivity contribution in [2.24, 2.45) is 11.0 Å². The van der Waals surface area contributed by atoms with Crippen LogP contribution in [0.1, 0.15) is 29.2 Å². The fourth-order valence-corrected chi connectivity index (χ4v) is 3.95. The number of nitrogens with one attached hydrogen (secondary N) is 2. The molecule has 2 heterocycles. The number of methoxy groups -OCH3 is 1. The third-order valence-electron chi connectivity index (χ3n) is 5.40. The summed E-state index contributed by atoms with van der Waals surface area (Å²) in [7, 11) is 1.49. The van der Waals surface area contributed by atoms with E-state index in [9.17, 15) is 10.1 Å². The Balaban J connectivity index is 1.64. The van der Waals surface area contributed by atoms with Crippen molar-refractivity contribution in [3.05, 3.63) is 63.2 Å². The van der Waals surface area contributed by atoms with Gasteiger partial charge in [-0.3, -0.25) is 10.1 Å². The Morgan fingerprint density at radius 2 is 2.17 bits per heavy atom. The first-order chi connectivity index (χ1) is 14.1. The molecule has 29 heavy (non-hydrogen) atoms. The molecular weight excluding hydrogens is 372 g/mol. The number of piperidine rings is 1. The molecule has 2 aromatic rings. The molecule has 0 radical (unpaired) electrons. The average molecular weight is 396 g/mol. The number of hydrazone groups is 1. The molecule has 0 aliphatic carbocycles. The third-order valence-corrected chi connectivity index (χ3v) is 5.40. The second-order valence-electron chi connectivity index (χ2n) is 7.38. The molecule has 8 heteroatoms. The predicted molar refractivity (Wildman–Crippen MR) is 109 cm³/mol. The molecule has 2 N–H and O–H groups in total. The molecule has 2 atom stereocenters. The highest BCUT2D eigenvalue weighted by molar-refractivity contribution is 5.90. The second-order valence-corrected chi connectivity index (χ2v) is 7.38. The van der Waals surface area contributed by atoms with Crippen LogP contribution in [0.5, 0.6) is 11.5 Å². The number of ether oxygens (including phenoxy) is 2. The summed E-state index contributed by atoms with van der Waals surface area (Å²) in [5.41, 5.74) is 6.96. The molecular formula is C21H24N4O4. The Hall–Kier alpha value is -3.13. The van der Waals surface area contributed by atoms with E-state index < -0.39 is 4.92 Å². The van der Waals surface area contributed by atoms with Crippen LogP contribution >= 0.6 is 0 Å². The lowest BCUT2D eigenvalue weighted by Gasteiger charge is -2.25. The summed E-state index contributed by atoms with van der Waals surface area (Å²) in [6.07, 6.45) is 0.880. The number of nitro benzene ring substituents is 1. The van der Waals surface area contributed by atoms with Gasteiger partial charge in [-0.15, -0.1) is 0 Å². The molecule has 1 fully saturated rings. The number of hydrogen-bond acceptors (Lipinski definition) is 7. The van der Waals surface area contributed by atoms with Crippen LogP contribution in [0.25, 0.3) is 0 Å². The maximum atomic E-state index is 11.8. The minimum Gasteiger partial charge on any atom is -0.493 e. The maximum absolute atomic E-state index is 11.8. The van der Waals surface area contributed by atoms with Crippen molar-refractivity contribution in [2.75, 3.05) is 20.2 Å². The molecule has 2 aromatic carbocycles. The van der Waals surface area contributed by atoms with Gasteiger partial charge >= 0.3 is 5.69 Å². The first-order valence-corrected chi connectivity index (χ1v) is 9.64. The summed E-state index contributed by atoms with van der Waals surface area (Å²) < 4.78 is 11.3. The lowest BCUT2D eigenvalue weighted by molar-refractivity contribution is -0.386. The van der Waals surface area contributed by atoms with Crippen LogP contribution in [0.3, 0.4) is 0 Å². The number of nitro groups is 1. The predicted octanol–water partition coefficient (Wildman–Crippen LogP) is 3.10. The molecule has 152 valence electrons. The van der Waals surface area contributed by atoms with Gasteiger partial charge in [-0.25, -0.2) is 0 Å². The summed E-state index contributed by atoms with van der Waals surface area (Å²) in [6, 6.07) is 11.1. The van der Waals surface area contributed by atoms with Crippen molar-refractivity contribution >= 4 is 11.4 Å². The van der Waals surface area contributed by atoms with Gasteiger partial charge in [0.05, 0.1) is 18.1 Å². The summed E-state index contributed by atoms with van der Waals surface area (Å²) in [5, 5.41) is 19.6. The van der Waals surface area contributed by atoms with Gasteiger partial charge in [0.25, 0.3) is 0 Å². The van der Waals surface area contributed by atoms with Crippen molar-refractivity contribution in [1.29, 1.82) is 0 Å². The summed E-state index contributed by atoms with van der Waals surface area (Å²) in [4.78, 5) is 11.4. The smallest absolute Gasteiger partial charge is 0.315 e. The van der Waals surface area contributed by atoms with E-state index in [-0.39, 0.29) is 30.0 Å². The molecule has 8 nitrogen and oxygen atoms in total. The largest absolute Gasteiger partial charge is 0.493 e. The minimum absolute atomic E-state index is 0.106. The van der Waals surface area contributed by atoms with Crippen molar-refractivity contribution in [3.8, 4) is 11.5 Å². The Bertz CT molecular complexity index is 960. The van der Waals surface area contributed by atoms with Gasteiger partial charge in [0.2, 0.25) is 5.75 Å². The molecule has 2 aliphatic heterocycles. The Morgan fingerprint density at radius 1 is 1.31 bits per heavy atom. The fraction of sp³-hybridized carbons (Fsp3) is 0.381. The van der Waals surface area contributed by atoms with E-state index in [1.807, 2.05) is 37.3 Å². The molecule has 1 saturated heterocycles. The highest BCUT2D eigenvalue weighted by atomic mass is 16.6. The monoisotopic (exact) mass is 396 g/mol. The van der Waals surface area contributed by atoms with Gasteiger partial charge < -0.3 is 20.2 Å². The Morgan fingerprint density at radius 3 is 2.93 bits per heavy atom. The van der Waals surface area contributed by atoms with E-state index in [1.54, 1.807) is 6.07 Å². The minimum atomic E-state index is -0.423. The maximum Gasteiger partial charge on any atom is 0.315 e. The second kappa shape index (κ2) is 8.08. The van der Waals surface area contributed by atoms with E-state index >= 15 is 0 Å². The molecule has 2 unspecified atom stereocenters. The van der Waals surface area contributed by atoms with Gasteiger partial charge in [0, 0.05) is 37.2 Å². The van der Waals surface area contributed by atoms with Gasteiger partial charge in [-0.2, -0.15) is 5.10 Å². The van der Waals surface area contributed by atoms with Gasteiger partial charge in [-0.1, -0.05) is 29.8 Å². The summed E-state index contributed by atoms with van der Waals surface area (Å²) in [6.45, 7) is 3.91. The highest BCUT2D eigenvalue weighted by Gasteiger charge is 2.36. The topological polar surface area (TPSA) is 98.0 Å². The zero-order valence-electron chi connectivity index (χ0n) is 16.5. The molecule has 0 spiro atoms. The van der Waals surface area contributed by atoms with Crippen LogP contribution in [-0.2, 0) is 6.61 Å². The Labute approximate surface area is 169 Å². The number of fused-ring (bicyclic) bond motifs is 1. The molecule has 0 amide bonds. The third kappa shape index (κ3) is 3.88. The first kappa shape index (κ1) is 19.2. The Kier molecular flexibility index (Phi) is 5.35. The molecule has 4 rings (SSSR count). The lowest BCUT2D eigenvalue weighted by Crippen LogP contribution is -2.38. The molecule has 2 aliphatic rings. The van der Waals surface area contributed by atoms with Crippen LogP contribution in [0, 0.1) is 23.0 Å². The summed E-state index contributed by atoms with van der Waals surface area (Å²) in [5.74, 6) is 0.664. The highest BCUT2D eigenvalue weighted by Crippen LogP contribution is 2.42. The summed E-state index contributed by atoms with van der Waals surface area (Å²) >= 11 is 0. The number of rotatable bonds is 6. The van der Waals surface area contributed by atoms with Crippen LogP contribution in [0.2, 0.25) is 0 Å². The average Bonchev–Trinajstić information content (AvgIpc) is 3.16. The van der Waals surface area contributed by atoms with E-state index in [1.165, 1.54) is 7.11 Å². The molecule has 0 aromatic heterocycles. The van der Waals surface area contributed by atoms with Crippen LogP contribution in [-0.4, -0.2) is 30.8 Å². The van der Waals surface area contributed by atoms with E-state index in [0.29, 0.717) is 5.75 Å². The van der Waals surface area contributed by atoms with Gasteiger partial charge in [-0.05, 0) is 24.1 Å². The van der Waals surface area contributed by atoms with Crippen LogP contribution < -0.4 is 20.2 Å². The number of hydrogen-bond donors (Lipinski definition) is 2. The zero-order chi connectivity index (χ0) is 20.4. The fourth-order valence-electron chi connectivity index (χ4n) is 3.95. The zero-order valence-corrected chi connectivity index (χ0v) is 16.5. The number of nitrogens with zero attached hydrogens (tertiary/aromatic N) is 2. The standard InChI is InChI=1S/C21H24N4O4/c1-13-4-3-5-14(8-13)12-29-21-18(25(26)27)9-15(10-19(21)28-2)20-16-11-22-7-6-17(16)23-24-20/h3-5,8-10,16,20,22,24H,6-7,11-12H2,1-2H3. The lowest BCUT2D eigenvalue weighted by atomic mass is 9.87.